The number of sulfone groups is 1. The molecule has 0 saturated carbocycles. The van der Waals surface area contributed by atoms with Gasteiger partial charge in [-0.05, 0) is 25.9 Å². The molecule has 0 aromatic rings. The van der Waals surface area contributed by atoms with Gasteiger partial charge in [0, 0.05) is 6.26 Å². The molecule has 13 heavy (non-hydrogen) atoms. The quantitative estimate of drug-likeness (QED) is 0.608. The largest absolute Gasteiger partial charge is 0.317 e. The zero-order valence-corrected chi connectivity index (χ0v) is 9.49. The molecule has 0 saturated heterocycles. The minimum atomic E-state index is -2.76. The third-order valence-electron chi connectivity index (χ3n) is 1.83. The van der Waals surface area contributed by atoms with Crippen molar-refractivity contribution in [2.24, 2.45) is 0 Å². The lowest BCUT2D eigenvalue weighted by molar-refractivity contribution is 0.587. The van der Waals surface area contributed by atoms with E-state index in [2.05, 4.69) is 12.2 Å². The van der Waals surface area contributed by atoms with Crippen molar-refractivity contribution in [3.8, 4) is 0 Å². The molecule has 0 bridgehead atoms. The van der Waals surface area contributed by atoms with Gasteiger partial charge in [-0.1, -0.05) is 19.8 Å². The molecule has 0 unspecified atom stereocenters. The zero-order chi connectivity index (χ0) is 10.2. The molecule has 0 radical (unpaired) electrons. The van der Waals surface area contributed by atoms with E-state index in [1.165, 1.54) is 25.5 Å². The lowest BCUT2D eigenvalue weighted by Crippen LogP contribution is -2.19. The maximum atomic E-state index is 10.7. The van der Waals surface area contributed by atoms with Crippen LogP contribution in [0, 0.1) is 0 Å². The Balaban J connectivity index is 3.09. The van der Waals surface area contributed by atoms with E-state index < -0.39 is 9.84 Å². The summed E-state index contributed by atoms with van der Waals surface area (Å²) < 4.78 is 21.5. The highest BCUT2D eigenvalue weighted by molar-refractivity contribution is 7.90. The van der Waals surface area contributed by atoms with Crippen LogP contribution in [0.2, 0.25) is 0 Å². The Hall–Kier alpha value is -0.0900. The molecule has 0 fully saturated rings. The van der Waals surface area contributed by atoms with Crippen molar-refractivity contribution >= 4 is 9.84 Å². The molecule has 1 N–H and O–H groups in total. The molecule has 0 atom stereocenters. The standard InChI is InChI=1S/C9H21NO2S/c1-3-4-5-7-10-8-6-9-13(2,11)12/h10H,3-9H2,1-2H3. The first-order valence-electron chi connectivity index (χ1n) is 4.94. The van der Waals surface area contributed by atoms with Gasteiger partial charge in [-0.3, -0.25) is 0 Å². The predicted octanol–water partition coefficient (Wildman–Crippen LogP) is 1.20. The first-order valence-corrected chi connectivity index (χ1v) is 7.00. The van der Waals surface area contributed by atoms with Gasteiger partial charge in [0.25, 0.3) is 0 Å². The van der Waals surface area contributed by atoms with Crippen LogP contribution in [0.3, 0.4) is 0 Å². The Labute approximate surface area is 81.8 Å². The summed E-state index contributed by atoms with van der Waals surface area (Å²) in [5, 5.41) is 3.23. The third kappa shape index (κ3) is 11.9. The molecule has 0 spiro atoms. The van der Waals surface area contributed by atoms with Gasteiger partial charge < -0.3 is 5.32 Å². The first-order chi connectivity index (χ1) is 6.06. The molecular weight excluding hydrogens is 186 g/mol. The molecule has 0 heterocycles. The van der Waals surface area contributed by atoms with Crippen LogP contribution in [0.4, 0.5) is 0 Å². The first kappa shape index (κ1) is 12.9. The van der Waals surface area contributed by atoms with Gasteiger partial charge in [0.15, 0.2) is 0 Å². The Kier molecular flexibility index (Phi) is 7.28. The topological polar surface area (TPSA) is 46.2 Å². The maximum Gasteiger partial charge on any atom is 0.147 e. The lowest BCUT2D eigenvalue weighted by atomic mass is 10.2. The van der Waals surface area contributed by atoms with Gasteiger partial charge in [-0.25, -0.2) is 8.42 Å². The van der Waals surface area contributed by atoms with Crippen molar-refractivity contribution in [1.82, 2.24) is 5.32 Å². The second-order valence-corrected chi connectivity index (χ2v) is 5.70. The fraction of sp³-hybridized carbons (Fsp3) is 1.00. The Morgan fingerprint density at radius 2 is 1.69 bits per heavy atom. The Bertz CT molecular complexity index is 200. The van der Waals surface area contributed by atoms with Crippen LogP contribution >= 0.6 is 0 Å². The zero-order valence-electron chi connectivity index (χ0n) is 8.67. The van der Waals surface area contributed by atoms with Crippen molar-refractivity contribution in [1.29, 1.82) is 0 Å². The normalized spacial score (nSPS) is 11.8. The molecule has 0 aliphatic carbocycles. The predicted molar refractivity (Wildman–Crippen MR) is 56.7 cm³/mol. The molecule has 3 nitrogen and oxygen atoms in total. The molecule has 0 amide bonds. The van der Waals surface area contributed by atoms with Gasteiger partial charge in [0.05, 0.1) is 5.75 Å². The van der Waals surface area contributed by atoms with Crippen LogP contribution in [-0.2, 0) is 9.84 Å². The van der Waals surface area contributed by atoms with E-state index in [-0.39, 0.29) is 0 Å². The second kappa shape index (κ2) is 7.33. The van der Waals surface area contributed by atoms with Crippen molar-refractivity contribution in [2.45, 2.75) is 32.6 Å². The van der Waals surface area contributed by atoms with E-state index in [9.17, 15) is 8.42 Å². The van der Waals surface area contributed by atoms with Crippen molar-refractivity contribution in [2.75, 3.05) is 25.1 Å². The number of unbranched alkanes of at least 4 members (excludes halogenated alkanes) is 2. The van der Waals surface area contributed by atoms with Gasteiger partial charge in [-0.15, -0.1) is 0 Å². The van der Waals surface area contributed by atoms with Crippen LogP contribution in [-0.4, -0.2) is 33.5 Å². The summed E-state index contributed by atoms with van der Waals surface area (Å²) in [4.78, 5) is 0. The Morgan fingerprint density at radius 3 is 2.23 bits per heavy atom. The lowest BCUT2D eigenvalue weighted by Gasteiger charge is -2.02. The van der Waals surface area contributed by atoms with Crippen molar-refractivity contribution in [3.05, 3.63) is 0 Å². The summed E-state index contributed by atoms with van der Waals surface area (Å²) in [6, 6.07) is 0. The van der Waals surface area contributed by atoms with Crippen LogP contribution in [0.5, 0.6) is 0 Å². The number of nitrogens with one attached hydrogen (secondary N) is 1. The van der Waals surface area contributed by atoms with Gasteiger partial charge in [-0.2, -0.15) is 0 Å². The highest BCUT2D eigenvalue weighted by Crippen LogP contribution is 1.91. The minimum Gasteiger partial charge on any atom is -0.317 e. The van der Waals surface area contributed by atoms with E-state index >= 15 is 0 Å². The molecule has 80 valence electrons. The molecule has 0 aliphatic rings. The highest BCUT2D eigenvalue weighted by atomic mass is 32.2. The number of hydrogen-bond acceptors (Lipinski definition) is 3. The summed E-state index contributed by atoms with van der Waals surface area (Å²) in [6.45, 7) is 4.00. The second-order valence-electron chi connectivity index (χ2n) is 3.44. The van der Waals surface area contributed by atoms with Crippen LogP contribution < -0.4 is 5.32 Å². The fourth-order valence-corrected chi connectivity index (χ4v) is 1.75. The monoisotopic (exact) mass is 207 g/mol. The molecule has 0 rings (SSSR count). The molecule has 0 aliphatic heterocycles. The van der Waals surface area contributed by atoms with Gasteiger partial charge in [0.2, 0.25) is 0 Å². The smallest absolute Gasteiger partial charge is 0.147 e. The van der Waals surface area contributed by atoms with E-state index in [0.29, 0.717) is 5.75 Å². The summed E-state index contributed by atoms with van der Waals surface area (Å²) in [5.74, 6) is 0.299. The van der Waals surface area contributed by atoms with E-state index in [1.54, 1.807) is 0 Å². The van der Waals surface area contributed by atoms with E-state index in [0.717, 1.165) is 19.5 Å². The van der Waals surface area contributed by atoms with Crippen LogP contribution in [0.25, 0.3) is 0 Å². The average Bonchev–Trinajstić information content (AvgIpc) is 2.01. The van der Waals surface area contributed by atoms with E-state index in [4.69, 9.17) is 0 Å². The highest BCUT2D eigenvalue weighted by Gasteiger charge is 1.99. The summed E-state index contributed by atoms with van der Waals surface area (Å²) in [5.41, 5.74) is 0. The molecule has 0 aromatic heterocycles. The molecular formula is C9H21NO2S. The summed E-state index contributed by atoms with van der Waals surface area (Å²) in [7, 11) is -2.76. The fourth-order valence-electron chi connectivity index (χ4n) is 1.08. The minimum absolute atomic E-state index is 0.299. The summed E-state index contributed by atoms with van der Waals surface area (Å²) in [6.07, 6.45) is 5.68. The maximum absolute atomic E-state index is 10.7. The van der Waals surface area contributed by atoms with Gasteiger partial charge in [0.1, 0.15) is 9.84 Å². The van der Waals surface area contributed by atoms with Gasteiger partial charge >= 0.3 is 0 Å². The number of rotatable bonds is 8. The van der Waals surface area contributed by atoms with Crippen molar-refractivity contribution in [3.63, 3.8) is 0 Å². The number of hydrogen-bond donors (Lipinski definition) is 1. The summed E-state index contributed by atoms with van der Waals surface area (Å²) >= 11 is 0. The third-order valence-corrected chi connectivity index (χ3v) is 2.86. The van der Waals surface area contributed by atoms with E-state index in [1.807, 2.05) is 0 Å². The van der Waals surface area contributed by atoms with Crippen LogP contribution in [0.1, 0.15) is 32.6 Å². The SMILES string of the molecule is CCCCCNCCCS(C)(=O)=O. The molecule has 0 aromatic carbocycles. The van der Waals surface area contributed by atoms with Crippen molar-refractivity contribution < 1.29 is 8.42 Å². The molecule has 4 heteroatoms. The average molecular weight is 207 g/mol. The van der Waals surface area contributed by atoms with Crippen LogP contribution in [0.15, 0.2) is 0 Å². The Morgan fingerprint density at radius 1 is 1.08 bits per heavy atom.